The van der Waals surface area contributed by atoms with Gasteiger partial charge >= 0.3 is 0 Å². The summed E-state index contributed by atoms with van der Waals surface area (Å²) in [5.74, 6) is 0. The Balaban J connectivity index is 2.01. The minimum Gasteiger partial charge on any atom is -0.361 e. The SMILES string of the molecule is C[Si](C)(C)CCOCn1cnc2c(=O)[nH]ccc21. The predicted octanol–water partition coefficient (Wildman–Crippen LogP) is 2.04. The third-order valence-corrected chi connectivity index (χ3v) is 4.48. The van der Waals surface area contributed by atoms with Gasteiger partial charge in [0.1, 0.15) is 6.73 Å². The molecule has 0 amide bonds. The fraction of sp³-hybridized carbons (Fsp3) is 0.500. The Kier molecular flexibility index (Phi) is 3.67. The molecule has 0 aliphatic heterocycles. The molecule has 1 N–H and O–H groups in total. The summed E-state index contributed by atoms with van der Waals surface area (Å²) >= 11 is 0. The predicted molar refractivity (Wildman–Crippen MR) is 74.5 cm³/mol. The molecule has 0 atom stereocenters. The van der Waals surface area contributed by atoms with Crippen molar-refractivity contribution in [1.29, 1.82) is 0 Å². The second-order valence-corrected chi connectivity index (χ2v) is 11.2. The van der Waals surface area contributed by atoms with Crippen molar-refractivity contribution in [3.05, 3.63) is 28.9 Å². The third kappa shape index (κ3) is 3.08. The number of hydrogen-bond donors (Lipinski definition) is 1. The van der Waals surface area contributed by atoms with Gasteiger partial charge in [-0.15, -0.1) is 0 Å². The Morgan fingerprint density at radius 1 is 1.44 bits per heavy atom. The van der Waals surface area contributed by atoms with E-state index in [4.69, 9.17) is 4.74 Å². The quantitative estimate of drug-likeness (QED) is 0.665. The number of hydrogen-bond acceptors (Lipinski definition) is 3. The summed E-state index contributed by atoms with van der Waals surface area (Å²) in [7, 11) is -1.05. The Labute approximate surface area is 107 Å². The number of nitrogens with zero attached hydrogens (tertiary/aromatic N) is 2. The number of nitrogens with one attached hydrogen (secondary N) is 1. The molecule has 0 fully saturated rings. The fourth-order valence-corrected chi connectivity index (χ4v) is 2.41. The van der Waals surface area contributed by atoms with E-state index in [0.29, 0.717) is 12.2 Å². The lowest BCUT2D eigenvalue weighted by molar-refractivity contribution is 0.0898. The van der Waals surface area contributed by atoms with Crippen LogP contribution in [0.3, 0.4) is 0 Å². The highest BCUT2D eigenvalue weighted by Crippen LogP contribution is 2.10. The van der Waals surface area contributed by atoms with Crippen molar-refractivity contribution in [3.8, 4) is 0 Å². The van der Waals surface area contributed by atoms with Gasteiger partial charge in [0.25, 0.3) is 5.56 Å². The minimum absolute atomic E-state index is 0.159. The number of H-pyrrole nitrogens is 1. The molecular weight excluding hydrogens is 246 g/mol. The Morgan fingerprint density at radius 3 is 2.94 bits per heavy atom. The molecule has 6 heteroatoms. The van der Waals surface area contributed by atoms with Gasteiger partial charge < -0.3 is 14.3 Å². The minimum atomic E-state index is -1.05. The molecule has 0 saturated heterocycles. The monoisotopic (exact) mass is 265 g/mol. The molecule has 0 spiro atoms. The van der Waals surface area contributed by atoms with Gasteiger partial charge in [-0.2, -0.15) is 0 Å². The lowest BCUT2D eigenvalue weighted by atomic mass is 10.4. The van der Waals surface area contributed by atoms with Crippen molar-refractivity contribution in [2.75, 3.05) is 6.61 Å². The molecule has 98 valence electrons. The maximum absolute atomic E-state index is 11.5. The first kappa shape index (κ1) is 13.0. The number of rotatable bonds is 5. The smallest absolute Gasteiger partial charge is 0.276 e. The van der Waals surface area contributed by atoms with Crippen LogP contribution in [0.4, 0.5) is 0 Å². The van der Waals surface area contributed by atoms with Crippen molar-refractivity contribution in [3.63, 3.8) is 0 Å². The second kappa shape index (κ2) is 5.07. The van der Waals surface area contributed by atoms with E-state index in [9.17, 15) is 4.79 Å². The fourth-order valence-electron chi connectivity index (χ4n) is 1.65. The van der Waals surface area contributed by atoms with Crippen LogP contribution < -0.4 is 5.56 Å². The van der Waals surface area contributed by atoms with E-state index >= 15 is 0 Å². The zero-order valence-corrected chi connectivity index (χ0v) is 12.1. The van der Waals surface area contributed by atoms with Gasteiger partial charge in [-0.3, -0.25) is 4.79 Å². The van der Waals surface area contributed by atoms with Crippen molar-refractivity contribution in [2.45, 2.75) is 32.4 Å². The first-order chi connectivity index (χ1) is 8.47. The van der Waals surface area contributed by atoms with Crippen molar-refractivity contribution in [1.82, 2.24) is 14.5 Å². The van der Waals surface area contributed by atoms with Gasteiger partial charge in [0.15, 0.2) is 5.52 Å². The molecular formula is C12H19N3O2Si. The van der Waals surface area contributed by atoms with Gasteiger partial charge in [0.2, 0.25) is 0 Å². The van der Waals surface area contributed by atoms with Crippen molar-refractivity contribution < 1.29 is 4.74 Å². The average molecular weight is 265 g/mol. The van der Waals surface area contributed by atoms with Crippen LogP contribution in [0.5, 0.6) is 0 Å². The van der Waals surface area contributed by atoms with Gasteiger partial charge in [-0.05, 0) is 12.1 Å². The number of ether oxygens (including phenoxy) is 1. The van der Waals surface area contributed by atoms with Crippen molar-refractivity contribution >= 4 is 19.1 Å². The lowest BCUT2D eigenvalue weighted by Gasteiger charge is -2.15. The molecule has 5 nitrogen and oxygen atoms in total. The first-order valence-electron chi connectivity index (χ1n) is 6.08. The van der Waals surface area contributed by atoms with Crippen LogP contribution in [0.2, 0.25) is 25.7 Å². The molecule has 2 heterocycles. The number of aromatic amines is 1. The summed E-state index contributed by atoms with van der Waals surface area (Å²) in [6.07, 6.45) is 3.28. The summed E-state index contributed by atoms with van der Waals surface area (Å²) < 4.78 is 7.50. The molecule has 2 rings (SSSR count). The van der Waals surface area contributed by atoms with Gasteiger partial charge in [0, 0.05) is 20.9 Å². The van der Waals surface area contributed by atoms with E-state index in [1.165, 1.54) is 0 Å². The highest BCUT2D eigenvalue weighted by molar-refractivity contribution is 6.76. The van der Waals surface area contributed by atoms with E-state index in [1.54, 1.807) is 12.5 Å². The van der Waals surface area contributed by atoms with Crippen LogP contribution in [0.1, 0.15) is 0 Å². The topological polar surface area (TPSA) is 59.9 Å². The molecule has 2 aromatic heterocycles. The standard InChI is InChI=1S/C12H19N3O2Si/c1-18(2,3)7-6-17-9-15-8-14-11-10(15)4-5-13-12(11)16/h4-5,8H,6-7,9H2,1-3H3,(H,13,16). The third-order valence-electron chi connectivity index (χ3n) is 2.78. The summed E-state index contributed by atoms with van der Waals surface area (Å²) in [5, 5.41) is 0. The molecule has 0 aromatic carbocycles. The van der Waals surface area contributed by atoms with Crippen molar-refractivity contribution in [2.24, 2.45) is 0 Å². The largest absolute Gasteiger partial charge is 0.361 e. The van der Waals surface area contributed by atoms with Gasteiger partial charge in [-0.1, -0.05) is 19.6 Å². The second-order valence-electron chi connectivity index (χ2n) is 5.60. The molecule has 2 aromatic rings. The summed E-state index contributed by atoms with van der Waals surface area (Å²) in [5.41, 5.74) is 1.12. The van der Waals surface area contributed by atoms with E-state index in [2.05, 4.69) is 29.6 Å². The highest BCUT2D eigenvalue weighted by Gasteiger charge is 2.12. The zero-order valence-electron chi connectivity index (χ0n) is 11.1. The molecule has 0 bridgehead atoms. The van der Waals surface area contributed by atoms with Crippen LogP contribution in [-0.4, -0.2) is 29.2 Å². The molecule has 0 aliphatic carbocycles. The van der Waals surface area contributed by atoms with Crippen LogP contribution in [-0.2, 0) is 11.5 Å². The normalized spacial score (nSPS) is 12.2. The maximum atomic E-state index is 11.5. The maximum Gasteiger partial charge on any atom is 0.276 e. The van der Waals surface area contributed by atoms with E-state index in [0.717, 1.165) is 18.2 Å². The molecule has 0 radical (unpaired) electrons. The molecule has 0 unspecified atom stereocenters. The van der Waals surface area contributed by atoms with E-state index in [-0.39, 0.29) is 5.56 Å². The number of imidazole rings is 1. The van der Waals surface area contributed by atoms with Crippen LogP contribution in [0.25, 0.3) is 11.0 Å². The molecule has 0 aliphatic rings. The summed E-state index contributed by atoms with van der Waals surface area (Å²) in [6.45, 7) is 8.18. The first-order valence-corrected chi connectivity index (χ1v) is 9.78. The van der Waals surface area contributed by atoms with Crippen LogP contribution in [0, 0.1) is 0 Å². The molecule has 0 saturated carbocycles. The lowest BCUT2D eigenvalue weighted by Crippen LogP contribution is -2.22. The Morgan fingerprint density at radius 2 is 2.22 bits per heavy atom. The number of pyridine rings is 1. The number of fused-ring (bicyclic) bond motifs is 1. The summed E-state index contributed by atoms with van der Waals surface area (Å²) in [4.78, 5) is 18.2. The van der Waals surface area contributed by atoms with Crippen LogP contribution >= 0.6 is 0 Å². The average Bonchev–Trinajstić information content (AvgIpc) is 2.68. The Bertz CT molecular complexity index is 583. The number of aromatic nitrogens is 3. The van der Waals surface area contributed by atoms with E-state index < -0.39 is 8.07 Å². The highest BCUT2D eigenvalue weighted by atomic mass is 28.3. The summed E-state index contributed by atoms with van der Waals surface area (Å²) in [6, 6.07) is 2.98. The zero-order chi connectivity index (χ0) is 13.2. The molecule has 18 heavy (non-hydrogen) atoms. The van der Waals surface area contributed by atoms with Crippen LogP contribution in [0.15, 0.2) is 23.4 Å². The van der Waals surface area contributed by atoms with Gasteiger partial charge in [0.05, 0.1) is 11.8 Å². The van der Waals surface area contributed by atoms with E-state index in [1.807, 2.05) is 10.6 Å². The Hall–Kier alpha value is -1.40. The van der Waals surface area contributed by atoms with Gasteiger partial charge in [-0.25, -0.2) is 4.98 Å².